The molecule has 0 saturated carbocycles. The number of esters is 1. The monoisotopic (exact) mass is 304 g/mol. The van der Waals surface area contributed by atoms with E-state index in [0.29, 0.717) is 23.1 Å². The van der Waals surface area contributed by atoms with Gasteiger partial charge in [-0.05, 0) is 50.7 Å². The SMILES string of the molecule is CCOC(=O)C(C)Sc1nc2c(cc1C#N)CC(C)CC2. The number of hydrogen-bond acceptors (Lipinski definition) is 5. The third-order valence-corrected chi connectivity index (χ3v) is 4.71. The van der Waals surface area contributed by atoms with Crippen molar-refractivity contribution < 1.29 is 9.53 Å². The Morgan fingerprint density at radius 2 is 2.43 bits per heavy atom. The molecule has 0 aromatic carbocycles. The van der Waals surface area contributed by atoms with Crippen LogP contribution in [0, 0.1) is 17.2 Å². The summed E-state index contributed by atoms with van der Waals surface area (Å²) in [5.41, 5.74) is 2.81. The van der Waals surface area contributed by atoms with Gasteiger partial charge in [0, 0.05) is 5.69 Å². The quantitative estimate of drug-likeness (QED) is 0.631. The van der Waals surface area contributed by atoms with Gasteiger partial charge in [0.1, 0.15) is 16.3 Å². The van der Waals surface area contributed by atoms with Crippen LogP contribution >= 0.6 is 11.8 Å². The molecule has 1 aromatic rings. The van der Waals surface area contributed by atoms with Crippen LogP contribution in [0.4, 0.5) is 0 Å². The van der Waals surface area contributed by atoms with Crippen LogP contribution in [0.15, 0.2) is 11.1 Å². The lowest BCUT2D eigenvalue weighted by Crippen LogP contribution is -2.18. The van der Waals surface area contributed by atoms with Gasteiger partial charge in [-0.1, -0.05) is 18.7 Å². The zero-order valence-electron chi connectivity index (χ0n) is 12.7. The predicted octanol–water partition coefficient (Wildman–Crippen LogP) is 3.12. The number of hydrogen-bond donors (Lipinski definition) is 0. The van der Waals surface area contributed by atoms with Gasteiger partial charge in [0.15, 0.2) is 0 Å². The topological polar surface area (TPSA) is 63.0 Å². The minimum Gasteiger partial charge on any atom is -0.465 e. The molecule has 2 atom stereocenters. The largest absolute Gasteiger partial charge is 0.465 e. The maximum Gasteiger partial charge on any atom is 0.319 e. The molecular weight excluding hydrogens is 284 g/mol. The first-order valence-electron chi connectivity index (χ1n) is 7.31. The summed E-state index contributed by atoms with van der Waals surface area (Å²) < 4.78 is 5.01. The molecular formula is C16H20N2O2S. The summed E-state index contributed by atoms with van der Waals surface area (Å²) in [6.45, 7) is 6.16. The first-order valence-corrected chi connectivity index (χ1v) is 8.19. The Bertz CT molecular complexity index is 580. The first kappa shape index (κ1) is 15.8. The number of pyridine rings is 1. The number of aromatic nitrogens is 1. The Kier molecular flexibility index (Phi) is 5.24. The fourth-order valence-corrected chi connectivity index (χ4v) is 3.37. The van der Waals surface area contributed by atoms with Gasteiger partial charge < -0.3 is 4.74 Å². The minimum absolute atomic E-state index is 0.264. The molecule has 112 valence electrons. The van der Waals surface area contributed by atoms with Gasteiger partial charge in [0.05, 0.1) is 12.2 Å². The Hall–Kier alpha value is -1.54. The number of thioether (sulfide) groups is 1. The van der Waals surface area contributed by atoms with E-state index in [1.54, 1.807) is 13.8 Å². The van der Waals surface area contributed by atoms with Crippen LogP contribution in [0.5, 0.6) is 0 Å². The molecule has 1 aromatic heterocycles. The van der Waals surface area contributed by atoms with Gasteiger partial charge in [-0.15, -0.1) is 0 Å². The Morgan fingerprint density at radius 1 is 1.67 bits per heavy atom. The van der Waals surface area contributed by atoms with Crippen molar-refractivity contribution in [3.05, 3.63) is 22.9 Å². The summed E-state index contributed by atoms with van der Waals surface area (Å²) in [5, 5.41) is 9.61. The van der Waals surface area contributed by atoms with Crippen LogP contribution in [-0.2, 0) is 22.4 Å². The number of aryl methyl sites for hydroxylation is 1. The number of ether oxygens (including phenoxy) is 1. The summed E-state index contributed by atoms with van der Waals surface area (Å²) in [6, 6.07) is 4.14. The van der Waals surface area contributed by atoms with E-state index in [9.17, 15) is 10.1 Å². The molecule has 0 saturated heterocycles. The maximum atomic E-state index is 11.7. The average Bonchev–Trinajstić information content (AvgIpc) is 2.47. The van der Waals surface area contributed by atoms with E-state index in [-0.39, 0.29) is 11.2 Å². The van der Waals surface area contributed by atoms with Crippen molar-refractivity contribution >= 4 is 17.7 Å². The van der Waals surface area contributed by atoms with Crippen molar-refractivity contribution in [2.75, 3.05) is 6.61 Å². The number of fused-ring (bicyclic) bond motifs is 1. The molecule has 21 heavy (non-hydrogen) atoms. The van der Waals surface area contributed by atoms with Crippen LogP contribution in [-0.4, -0.2) is 22.8 Å². The van der Waals surface area contributed by atoms with Crippen LogP contribution in [0.25, 0.3) is 0 Å². The molecule has 4 nitrogen and oxygen atoms in total. The van der Waals surface area contributed by atoms with Crippen molar-refractivity contribution in [1.82, 2.24) is 4.98 Å². The molecule has 0 bridgehead atoms. The van der Waals surface area contributed by atoms with Crippen LogP contribution < -0.4 is 0 Å². The van der Waals surface area contributed by atoms with Crippen molar-refractivity contribution in [2.24, 2.45) is 5.92 Å². The summed E-state index contributed by atoms with van der Waals surface area (Å²) in [7, 11) is 0. The van der Waals surface area contributed by atoms with Crippen molar-refractivity contribution in [2.45, 2.75) is 50.3 Å². The highest BCUT2D eigenvalue weighted by Crippen LogP contribution is 2.31. The van der Waals surface area contributed by atoms with Gasteiger partial charge in [-0.25, -0.2) is 4.98 Å². The Morgan fingerprint density at radius 3 is 3.10 bits per heavy atom. The van der Waals surface area contributed by atoms with E-state index in [0.717, 1.165) is 25.0 Å². The molecule has 0 fully saturated rings. The third kappa shape index (κ3) is 3.76. The van der Waals surface area contributed by atoms with E-state index >= 15 is 0 Å². The summed E-state index contributed by atoms with van der Waals surface area (Å²) in [4.78, 5) is 16.4. The standard InChI is InChI=1S/C16H20N2O2S/c1-4-20-16(19)11(3)21-15-13(9-17)8-12-7-10(2)5-6-14(12)18-15/h8,10-11H,4-7H2,1-3H3. The second kappa shape index (κ2) is 6.95. The van der Waals surface area contributed by atoms with Crippen molar-refractivity contribution in [3.63, 3.8) is 0 Å². The van der Waals surface area contributed by atoms with Crippen molar-refractivity contribution in [1.29, 1.82) is 5.26 Å². The second-order valence-electron chi connectivity index (χ2n) is 5.42. The van der Waals surface area contributed by atoms with Crippen LogP contribution in [0.1, 0.15) is 44.0 Å². The van der Waals surface area contributed by atoms with Gasteiger partial charge in [0.25, 0.3) is 0 Å². The smallest absolute Gasteiger partial charge is 0.319 e. The molecule has 0 N–H and O–H groups in total. The molecule has 2 unspecified atom stereocenters. The lowest BCUT2D eigenvalue weighted by atomic mass is 9.87. The molecule has 0 amide bonds. The van der Waals surface area contributed by atoms with Crippen LogP contribution in [0.3, 0.4) is 0 Å². The number of carbonyl (C=O) groups is 1. The van der Waals surface area contributed by atoms with Gasteiger partial charge >= 0.3 is 5.97 Å². The third-order valence-electron chi connectivity index (χ3n) is 3.63. The van der Waals surface area contributed by atoms with Gasteiger partial charge in [-0.3, -0.25) is 4.79 Å². The van der Waals surface area contributed by atoms with E-state index < -0.39 is 0 Å². The lowest BCUT2D eigenvalue weighted by Gasteiger charge is -2.22. The summed E-state index contributed by atoms with van der Waals surface area (Å²) >= 11 is 1.31. The van der Waals surface area contributed by atoms with E-state index in [4.69, 9.17) is 4.74 Å². The predicted molar refractivity (Wildman–Crippen MR) is 82.1 cm³/mol. The molecule has 5 heteroatoms. The zero-order valence-corrected chi connectivity index (χ0v) is 13.5. The number of nitrogens with zero attached hydrogens (tertiary/aromatic N) is 2. The van der Waals surface area contributed by atoms with E-state index in [1.165, 1.54) is 17.3 Å². The highest BCUT2D eigenvalue weighted by molar-refractivity contribution is 8.00. The highest BCUT2D eigenvalue weighted by Gasteiger charge is 2.22. The average molecular weight is 304 g/mol. The molecule has 1 aliphatic carbocycles. The molecule has 1 heterocycles. The van der Waals surface area contributed by atoms with Crippen molar-refractivity contribution in [3.8, 4) is 6.07 Å². The Labute approximate surface area is 129 Å². The molecule has 1 aliphatic rings. The van der Waals surface area contributed by atoms with Gasteiger partial charge in [-0.2, -0.15) is 5.26 Å². The minimum atomic E-state index is -0.356. The van der Waals surface area contributed by atoms with Gasteiger partial charge in [0.2, 0.25) is 0 Å². The second-order valence-corrected chi connectivity index (χ2v) is 6.75. The molecule has 2 rings (SSSR count). The fraction of sp³-hybridized carbons (Fsp3) is 0.562. The summed E-state index contributed by atoms with van der Waals surface area (Å²) in [5.74, 6) is 0.377. The molecule has 0 radical (unpaired) electrons. The number of carbonyl (C=O) groups excluding carboxylic acids is 1. The summed E-state index contributed by atoms with van der Waals surface area (Å²) in [6.07, 6.45) is 3.06. The maximum absolute atomic E-state index is 11.7. The normalized spacial score (nSPS) is 18.5. The molecule has 0 spiro atoms. The number of rotatable bonds is 4. The zero-order chi connectivity index (χ0) is 15.4. The first-order chi connectivity index (χ1) is 10.0. The van der Waals surface area contributed by atoms with E-state index in [1.807, 2.05) is 6.07 Å². The number of nitriles is 1. The Balaban J connectivity index is 2.24. The van der Waals surface area contributed by atoms with E-state index in [2.05, 4.69) is 18.0 Å². The lowest BCUT2D eigenvalue weighted by molar-refractivity contribution is -0.142. The highest BCUT2D eigenvalue weighted by atomic mass is 32.2. The van der Waals surface area contributed by atoms with Crippen LogP contribution in [0.2, 0.25) is 0 Å². The molecule has 0 aliphatic heterocycles. The fourth-order valence-electron chi connectivity index (χ4n) is 2.47.